The molecule has 7 nitrogen and oxygen atoms in total. The molecule has 9 heteroatoms. The summed E-state index contributed by atoms with van der Waals surface area (Å²) in [5, 5.41) is 9.17. The van der Waals surface area contributed by atoms with Gasteiger partial charge in [-0.15, -0.1) is 0 Å². The van der Waals surface area contributed by atoms with Crippen molar-refractivity contribution in [3.8, 4) is 5.75 Å². The molecule has 1 saturated heterocycles. The lowest BCUT2D eigenvalue weighted by molar-refractivity contribution is 0.0695. The summed E-state index contributed by atoms with van der Waals surface area (Å²) in [6, 6.07) is 1.01. The van der Waals surface area contributed by atoms with Gasteiger partial charge in [0.1, 0.15) is 17.9 Å². The Kier molecular flexibility index (Phi) is 4.81. The lowest BCUT2D eigenvalue weighted by Crippen LogP contribution is -2.45. The average molecular weight is 381 g/mol. The summed E-state index contributed by atoms with van der Waals surface area (Å²) in [4.78, 5) is 25.5. The van der Waals surface area contributed by atoms with E-state index in [2.05, 4.69) is 0 Å². The van der Waals surface area contributed by atoms with Gasteiger partial charge in [-0.3, -0.25) is 4.79 Å². The zero-order chi connectivity index (χ0) is 19.9. The number of fused-ring (bicyclic) bond motifs is 1. The maximum Gasteiger partial charge on any atom is 0.341 e. The molecule has 1 aliphatic heterocycles. The van der Waals surface area contributed by atoms with Gasteiger partial charge >= 0.3 is 5.97 Å². The molecule has 1 unspecified atom stereocenters. The van der Waals surface area contributed by atoms with Gasteiger partial charge in [0.05, 0.1) is 23.6 Å². The minimum Gasteiger partial charge on any atom is -0.492 e. The van der Waals surface area contributed by atoms with Gasteiger partial charge in [0.15, 0.2) is 11.6 Å². The second kappa shape index (κ2) is 6.80. The molecule has 1 aliphatic rings. The maximum absolute atomic E-state index is 15.0. The molecule has 0 bridgehead atoms. The third-order valence-corrected chi connectivity index (χ3v) is 4.99. The van der Waals surface area contributed by atoms with E-state index in [-0.39, 0.29) is 23.4 Å². The first kappa shape index (κ1) is 19.1. The van der Waals surface area contributed by atoms with Crippen molar-refractivity contribution in [3.05, 3.63) is 33.9 Å². The Morgan fingerprint density at radius 3 is 2.70 bits per heavy atom. The highest BCUT2D eigenvalue weighted by Gasteiger charge is 2.37. The predicted octanol–water partition coefficient (Wildman–Crippen LogP) is 1.74. The maximum atomic E-state index is 15.0. The zero-order valence-corrected chi connectivity index (χ0v) is 15.1. The molecular formula is C18H21F2N3O4. The van der Waals surface area contributed by atoms with Gasteiger partial charge in [-0.05, 0) is 19.4 Å². The van der Waals surface area contributed by atoms with Crippen LogP contribution < -0.4 is 20.8 Å². The molecule has 2 aromatic rings. The van der Waals surface area contributed by atoms with Crippen molar-refractivity contribution in [2.24, 2.45) is 5.73 Å². The molecule has 0 amide bonds. The van der Waals surface area contributed by atoms with Crippen molar-refractivity contribution < 1.29 is 23.4 Å². The number of carboxylic acids is 1. The van der Waals surface area contributed by atoms with Gasteiger partial charge in [-0.2, -0.15) is 0 Å². The summed E-state index contributed by atoms with van der Waals surface area (Å²) < 4.78 is 35.2. The van der Waals surface area contributed by atoms with Crippen molar-refractivity contribution >= 4 is 22.6 Å². The summed E-state index contributed by atoms with van der Waals surface area (Å²) >= 11 is 0. The lowest BCUT2D eigenvalue weighted by Gasteiger charge is -2.26. The molecule has 0 radical (unpaired) electrons. The highest BCUT2D eigenvalue weighted by molar-refractivity contribution is 5.97. The fourth-order valence-electron chi connectivity index (χ4n) is 3.57. The molecule has 1 atom stereocenters. The number of rotatable bonds is 5. The van der Waals surface area contributed by atoms with Crippen LogP contribution in [-0.4, -0.2) is 48.1 Å². The van der Waals surface area contributed by atoms with E-state index in [0.29, 0.717) is 25.0 Å². The summed E-state index contributed by atoms with van der Waals surface area (Å²) in [5.74, 6) is -2.03. The Hall–Kier alpha value is -2.68. The molecule has 3 rings (SSSR count). The van der Waals surface area contributed by atoms with E-state index in [1.165, 1.54) is 17.9 Å². The lowest BCUT2D eigenvalue weighted by atomic mass is 10.0. The summed E-state index contributed by atoms with van der Waals surface area (Å²) in [6.07, 6.45) is 1.57. The van der Waals surface area contributed by atoms with Crippen molar-refractivity contribution in [3.63, 3.8) is 0 Å². The number of hydrogen-bond acceptors (Lipinski definition) is 5. The molecule has 1 aromatic heterocycles. The molecule has 0 saturated carbocycles. The van der Waals surface area contributed by atoms with Gasteiger partial charge in [0.25, 0.3) is 0 Å². The van der Waals surface area contributed by atoms with Crippen molar-refractivity contribution in [2.45, 2.75) is 25.4 Å². The Morgan fingerprint density at radius 2 is 2.19 bits per heavy atom. The van der Waals surface area contributed by atoms with Crippen molar-refractivity contribution in [1.82, 2.24) is 4.57 Å². The number of nitrogens with two attached hydrogens (primary N) is 1. The quantitative estimate of drug-likeness (QED) is 0.819. The summed E-state index contributed by atoms with van der Waals surface area (Å²) in [6.45, 7) is 1.81. The van der Waals surface area contributed by atoms with Crippen LogP contribution in [0.1, 0.15) is 23.7 Å². The Morgan fingerprint density at radius 1 is 1.48 bits per heavy atom. The zero-order valence-electron chi connectivity index (χ0n) is 15.1. The Balaban J connectivity index is 2.32. The van der Waals surface area contributed by atoms with Crippen LogP contribution >= 0.6 is 0 Å². The number of nitrogens with zero attached hydrogens (tertiary/aromatic N) is 2. The number of aryl methyl sites for hydroxylation is 1. The fourth-order valence-corrected chi connectivity index (χ4v) is 3.57. The van der Waals surface area contributed by atoms with Crippen LogP contribution in [0.2, 0.25) is 0 Å². The molecule has 0 aliphatic carbocycles. The van der Waals surface area contributed by atoms with E-state index in [0.717, 1.165) is 6.07 Å². The van der Waals surface area contributed by atoms with Crippen LogP contribution in [0.25, 0.3) is 10.9 Å². The smallest absolute Gasteiger partial charge is 0.341 e. The molecular weight excluding hydrogens is 360 g/mol. The number of methoxy groups -OCH3 is 1. The highest BCUT2D eigenvalue weighted by atomic mass is 19.1. The van der Waals surface area contributed by atoms with Crippen LogP contribution in [-0.2, 0) is 6.54 Å². The van der Waals surface area contributed by atoms with Gasteiger partial charge in [-0.25, -0.2) is 13.6 Å². The second-order valence-corrected chi connectivity index (χ2v) is 6.77. The number of carboxylic acid groups (broad SMARTS) is 1. The topological polar surface area (TPSA) is 97.8 Å². The van der Waals surface area contributed by atoms with E-state index >= 15 is 0 Å². The average Bonchev–Trinajstić information content (AvgIpc) is 3.03. The van der Waals surface area contributed by atoms with E-state index in [4.69, 9.17) is 10.5 Å². The number of halogens is 2. The number of benzene rings is 1. The summed E-state index contributed by atoms with van der Waals surface area (Å²) in [7, 11) is 1.34. The number of ether oxygens (including phenoxy) is 1. The SMILES string of the molecule is CCn1cc(C(=O)O)c(=O)c2cc(F)c(N3CCC(N)(CF)C3)c(OC)c21. The van der Waals surface area contributed by atoms with Crippen LogP contribution in [0.15, 0.2) is 17.1 Å². The van der Waals surface area contributed by atoms with Crippen LogP contribution in [0, 0.1) is 5.82 Å². The van der Waals surface area contributed by atoms with Gasteiger partial charge < -0.3 is 25.0 Å². The fraction of sp³-hybridized carbons (Fsp3) is 0.444. The standard InChI is InChI=1S/C18H21F2N3O4/c1-3-22-7-11(17(25)26)15(24)10-6-12(20)14(16(27-2)13(10)22)23-5-4-18(21,8-19)9-23/h6-7H,3-5,8-9,21H2,1-2H3,(H,25,26). The van der Waals surface area contributed by atoms with Gasteiger partial charge in [0, 0.05) is 25.8 Å². The molecule has 1 aromatic carbocycles. The first-order valence-electron chi connectivity index (χ1n) is 8.53. The first-order chi connectivity index (χ1) is 12.8. The number of pyridine rings is 1. The molecule has 0 spiro atoms. The molecule has 2 heterocycles. The first-order valence-corrected chi connectivity index (χ1v) is 8.53. The largest absolute Gasteiger partial charge is 0.492 e. The normalized spacial score (nSPS) is 19.7. The van der Waals surface area contributed by atoms with Crippen LogP contribution in [0.5, 0.6) is 5.75 Å². The number of hydrogen-bond donors (Lipinski definition) is 2. The Bertz CT molecular complexity index is 975. The van der Waals surface area contributed by atoms with Gasteiger partial charge in [0.2, 0.25) is 5.43 Å². The monoisotopic (exact) mass is 381 g/mol. The van der Waals surface area contributed by atoms with Gasteiger partial charge in [-0.1, -0.05) is 0 Å². The van der Waals surface area contributed by atoms with E-state index in [9.17, 15) is 23.5 Å². The van der Waals surface area contributed by atoms with Crippen LogP contribution in [0.4, 0.5) is 14.5 Å². The number of carbonyl (C=O) groups is 1. The third-order valence-electron chi connectivity index (χ3n) is 4.99. The number of anilines is 1. The molecule has 27 heavy (non-hydrogen) atoms. The number of alkyl halides is 1. The van der Waals surface area contributed by atoms with Crippen molar-refractivity contribution in [1.29, 1.82) is 0 Å². The number of aromatic carboxylic acids is 1. The minimum absolute atomic E-state index is 0.0847. The van der Waals surface area contributed by atoms with Crippen molar-refractivity contribution in [2.75, 3.05) is 31.8 Å². The molecule has 3 N–H and O–H groups in total. The summed E-state index contributed by atoms with van der Waals surface area (Å²) in [5.41, 5.74) is 4.06. The van der Waals surface area contributed by atoms with E-state index in [1.54, 1.807) is 11.8 Å². The molecule has 146 valence electrons. The third kappa shape index (κ3) is 3.01. The molecule has 1 fully saturated rings. The van der Waals surface area contributed by atoms with E-state index in [1.807, 2.05) is 0 Å². The predicted molar refractivity (Wildman–Crippen MR) is 97.1 cm³/mol. The second-order valence-electron chi connectivity index (χ2n) is 6.77. The Labute approximate surface area is 153 Å². The number of aromatic nitrogens is 1. The minimum atomic E-state index is -1.39. The van der Waals surface area contributed by atoms with Crippen LogP contribution in [0.3, 0.4) is 0 Å². The highest BCUT2D eigenvalue weighted by Crippen LogP contribution is 2.40. The van der Waals surface area contributed by atoms with E-state index < -0.39 is 35.0 Å².